The van der Waals surface area contributed by atoms with Gasteiger partial charge >= 0.3 is 35.8 Å². The molecule has 1 saturated heterocycles. The normalized spacial score (nSPS) is 11.8. The van der Waals surface area contributed by atoms with Gasteiger partial charge in [-0.15, -0.1) is 67.6 Å². The zero-order chi connectivity index (χ0) is 102. The lowest BCUT2D eigenvalue weighted by molar-refractivity contribution is -0.116. The molecule has 724 valence electrons. The molecule has 1 fully saturated rings. The summed E-state index contributed by atoms with van der Waals surface area (Å²) < 4.78 is 45.4. The Labute approximate surface area is 832 Å². The van der Waals surface area contributed by atoms with Gasteiger partial charge < -0.3 is 71.5 Å². The van der Waals surface area contributed by atoms with E-state index in [0.29, 0.717) is 144 Å². The number of amides is 2. The number of anilines is 1. The standard InChI is InChI=1S/C21H19N3O4.C19H14N4O4.C17H14N2O4.C17H14N2O3.C17H10N2O3.C16H11BrN2O4/c25-20(24-12-2-1-3-13-24)16-8-4-14(5-9-16)18-22-23-19(28-18)15-6-10-17(11-7-15)21(26)27;1-11-10-16(24)23(22-11)15-8-6-13(7-9-15)18-21-20-17(27-18)12-2-4-14(5-3-12)19(25)26;1-10-3-8-14(22-2)13(9-10)16-19-18-15(23-16)11-4-6-12(7-5-11)17(20)21;1-10-4-3-5-14(11(10)2)16-19-18-15(22-16)12-6-8-13(9-7-12)17(20)21;1-2-11-3-5-12(6-4-11)15-18-19-16(22-15)13-7-9-14(10-8-13)17(20)21;1-22-13-7-6-11(8-12(13)17)15-19-18-14(23-15)9-2-4-10(5-3-9)16(20)21/h4-11H,1-3,12-13H2,(H,26,27);2-9H,10H2,1H3,(H,25,26);3-9H,1-2H3,(H,20,21);3-9H,1-2H3,(H,20,21);1,3-10H,(H,20,21);2-8H,1H3,(H,20,21). The van der Waals surface area contributed by atoms with Crippen LogP contribution >= 0.6 is 15.9 Å². The van der Waals surface area contributed by atoms with Gasteiger partial charge in [0, 0.05) is 91.1 Å². The van der Waals surface area contributed by atoms with Crippen molar-refractivity contribution in [2.75, 3.05) is 32.3 Å². The van der Waals surface area contributed by atoms with E-state index in [2.05, 4.69) is 88.1 Å². The minimum absolute atomic E-state index is 0.0518. The Hall–Kier alpha value is -19.4. The van der Waals surface area contributed by atoms with Crippen molar-refractivity contribution < 1.29 is 105 Å². The number of halogens is 1. The van der Waals surface area contributed by atoms with Crippen LogP contribution in [0, 0.1) is 33.1 Å². The number of likely N-dealkylation sites (tertiary alicyclic amines) is 1. The van der Waals surface area contributed by atoms with E-state index in [1.165, 1.54) is 84.2 Å². The van der Waals surface area contributed by atoms with Crippen molar-refractivity contribution in [1.82, 2.24) is 66.1 Å². The number of ether oxygens (including phenoxy) is 2. The van der Waals surface area contributed by atoms with E-state index in [9.17, 15) is 38.4 Å². The number of hydrogen-bond acceptors (Lipinski definition) is 29. The van der Waals surface area contributed by atoms with E-state index in [-0.39, 0.29) is 45.2 Å². The molecular weight excluding hydrogens is 1930 g/mol. The number of benzene rings is 12. The number of nitrogens with zero attached hydrogens (tertiary/aromatic N) is 15. The molecule has 0 bridgehead atoms. The van der Waals surface area contributed by atoms with Crippen LogP contribution < -0.4 is 14.5 Å². The number of carboxylic acids is 6. The minimum atomic E-state index is -0.996. The van der Waals surface area contributed by atoms with Gasteiger partial charge in [-0.2, -0.15) is 5.10 Å². The van der Waals surface area contributed by atoms with Crippen LogP contribution in [0.3, 0.4) is 0 Å². The highest BCUT2D eigenvalue weighted by molar-refractivity contribution is 9.10. The Balaban J connectivity index is 0.000000131. The van der Waals surface area contributed by atoms with Gasteiger partial charge in [0.05, 0.1) is 69.7 Å². The fraction of sp³-hybridized carbons (Fsp3) is 0.112. The molecule has 0 atom stereocenters. The number of aromatic carboxylic acids is 6. The van der Waals surface area contributed by atoms with Gasteiger partial charge in [-0.25, -0.2) is 33.8 Å². The molecule has 2 aliphatic rings. The first kappa shape index (κ1) is 100. The van der Waals surface area contributed by atoms with Crippen LogP contribution in [0.2, 0.25) is 0 Å². The predicted octanol–water partition coefficient (Wildman–Crippen LogP) is 21.0. The highest BCUT2D eigenvalue weighted by Gasteiger charge is 2.26. The Kier molecular flexibility index (Phi) is 31.6. The molecule has 0 aliphatic carbocycles. The van der Waals surface area contributed by atoms with Crippen molar-refractivity contribution in [2.45, 2.75) is 53.4 Å². The molecule has 37 nitrogen and oxygen atoms in total. The van der Waals surface area contributed by atoms with Crippen LogP contribution in [0.4, 0.5) is 5.69 Å². The molecule has 38 heteroatoms. The molecule has 0 saturated carbocycles. The molecule has 18 aromatic rings. The first-order valence-corrected chi connectivity index (χ1v) is 44.8. The third kappa shape index (κ3) is 24.8. The summed E-state index contributed by atoms with van der Waals surface area (Å²) in [5, 5.41) is 107. The molecule has 6 aromatic heterocycles. The molecule has 0 spiro atoms. The van der Waals surface area contributed by atoms with E-state index in [1.54, 1.807) is 166 Å². The van der Waals surface area contributed by atoms with Crippen molar-refractivity contribution in [3.05, 3.63) is 339 Å². The molecule has 2 amide bonds. The Morgan fingerprint density at radius 3 is 0.938 bits per heavy atom. The van der Waals surface area contributed by atoms with Crippen LogP contribution in [-0.4, -0.2) is 177 Å². The summed E-state index contributed by atoms with van der Waals surface area (Å²) in [5.41, 5.74) is 15.8. The summed E-state index contributed by atoms with van der Waals surface area (Å²) in [6.45, 7) is 9.44. The summed E-state index contributed by atoms with van der Waals surface area (Å²) >= 11 is 3.41. The quantitative estimate of drug-likeness (QED) is 0.0343. The average Bonchev–Trinajstić information content (AvgIpc) is 1.76. The van der Waals surface area contributed by atoms with Crippen molar-refractivity contribution in [3.63, 3.8) is 0 Å². The van der Waals surface area contributed by atoms with Gasteiger partial charge in [-0.3, -0.25) is 9.59 Å². The molecule has 8 heterocycles. The number of hydrogen-bond donors (Lipinski definition) is 6. The van der Waals surface area contributed by atoms with Gasteiger partial charge in [-0.05, 0) is 329 Å². The lowest BCUT2D eigenvalue weighted by Crippen LogP contribution is -2.35. The van der Waals surface area contributed by atoms with Crippen LogP contribution in [0.25, 0.3) is 137 Å². The number of carboxylic acid groups (broad SMARTS) is 6. The Morgan fingerprint density at radius 1 is 0.338 bits per heavy atom. The third-order valence-corrected chi connectivity index (χ3v) is 22.9. The number of aryl methyl sites for hydroxylation is 2. The molecule has 145 heavy (non-hydrogen) atoms. The average molecular weight is 2010 g/mol. The maximum Gasteiger partial charge on any atom is 0.335 e. The van der Waals surface area contributed by atoms with Crippen LogP contribution in [-0.2, 0) is 4.79 Å². The largest absolute Gasteiger partial charge is 0.496 e. The summed E-state index contributed by atoms with van der Waals surface area (Å²) in [4.78, 5) is 91.6. The molecule has 20 rings (SSSR count). The highest BCUT2D eigenvalue weighted by atomic mass is 79.9. The fourth-order valence-electron chi connectivity index (χ4n) is 14.3. The fourth-order valence-corrected chi connectivity index (χ4v) is 14.8. The predicted molar refractivity (Wildman–Crippen MR) is 531 cm³/mol. The van der Waals surface area contributed by atoms with Crippen LogP contribution in [0.15, 0.2) is 309 Å². The van der Waals surface area contributed by atoms with Crippen molar-refractivity contribution >= 4 is 75.0 Å². The zero-order valence-electron chi connectivity index (χ0n) is 77.6. The van der Waals surface area contributed by atoms with Crippen molar-refractivity contribution in [2.24, 2.45) is 5.10 Å². The molecule has 0 unspecified atom stereocenters. The number of methoxy groups -OCH3 is 2. The second kappa shape index (κ2) is 45.9. The van der Waals surface area contributed by atoms with Gasteiger partial charge in [-0.1, -0.05) is 29.7 Å². The summed E-state index contributed by atoms with van der Waals surface area (Å²) in [7, 11) is 3.17. The number of aromatic nitrogens is 12. The number of carbonyl (C=O) groups is 8. The first-order chi connectivity index (χ1) is 70.0. The van der Waals surface area contributed by atoms with Crippen LogP contribution in [0.1, 0.15) is 127 Å². The number of terminal acetylenes is 1. The monoisotopic (exact) mass is 2010 g/mol. The van der Waals surface area contributed by atoms with Crippen molar-refractivity contribution in [1.29, 1.82) is 0 Å². The zero-order valence-corrected chi connectivity index (χ0v) is 79.2. The lowest BCUT2D eigenvalue weighted by atomic mass is 10.0. The van der Waals surface area contributed by atoms with Gasteiger partial charge in [0.2, 0.25) is 64.8 Å². The summed E-state index contributed by atoms with van der Waals surface area (Å²) in [6.07, 6.45) is 8.93. The molecule has 2 aliphatic heterocycles. The topological polar surface area (TPSA) is 529 Å². The first-order valence-electron chi connectivity index (χ1n) is 44.1. The Bertz CT molecular complexity index is 7820. The van der Waals surface area contributed by atoms with E-state index in [4.69, 9.17) is 73.0 Å². The summed E-state index contributed by atoms with van der Waals surface area (Å²) in [6, 6.07) is 75.9. The molecule has 0 radical (unpaired) electrons. The van der Waals surface area contributed by atoms with E-state index in [1.807, 2.05) is 81.1 Å². The SMILES string of the molecule is C#Cc1ccc(-c2nnc(-c3ccc(C(=O)O)cc3)o2)cc1.CC1=NN(c2ccc(-c3nnc(-c4ccc(C(=O)O)cc4)o3)cc2)C(=O)C1.COc1ccc(-c2nnc(-c3ccc(C(=O)O)cc3)o2)cc1Br.COc1ccc(C)cc1-c1nnc(-c2ccc(C(=O)O)cc2)o1.Cc1cccc(-c2nnc(-c3ccc(C(=O)O)cc3)o2)c1C.O=C(O)c1ccc(-c2nnc(-c3ccc(C(=O)N4CCCCC4)cc3)o2)cc1. The van der Waals surface area contributed by atoms with Gasteiger partial charge in [0.25, 0.3) is 17.7 Å². The molecular formula is C107H82BrN15O22. The van der Waals surface area contributed by atoms with E-state index in [0.717, 1.165) is 80.6 Å². The van der Waals surface area contributed by atoms with E-state index >= 15 is 0 Å². The number of carbonyl (C=O) groups excluding carboxylic acids is 2. The second-order valence-electron chi connectivity index (χ2n) is 32.0. The second-order valence-corrected chi connectivity index (χ2v) is 32.8. The van der Waals surface area contributed by atoms with Gasteiger partial charge in [0.1, 0.15) is 11.5 Å². The minimum Gasteiger partial charge on any atom is -0.496 e. The number of piperidine rings is 1. The Morgan fingerprint density at radius 2 is 0.628 bits per heavy atom. The molecule has 6 N–H and O–H groups in total. The van der Waals surface area contributed by atoms with Crippen LogP contribution in [0.5, 0.6) is 11.5 Å². The van der Waals surface area contributed by atoms with Crippen molar-refractivity contribution in [3.8, 4) is 161 Å². The van der Waals surface area contributed by atoms with Gasteiger partial charge in [0.15, 0.2) is 0 Å². The summed E-state index contributed by atoms with van der Waals surface area (Å²) in [5.74, 6) is 2.14. The maximum absolute atomic E-state index is 12.5. The third-order valence-electron chi connectivity index (χ3n) is 22.2. The number of rotatable bonds is 22. The van der Waals surface area contributed by atoms with E-state index < -0.39 is 35.8 Å². The molecule has 12 aromatic carbocycles. The lowest BCUT2D eigenvalue weighted by Gasteiger charge is -2.26. The highest BCUT2D eigenvalue weighted by Crippen LogP contribution is 2.37. The smallest absolute Gasteiger partial charge is 0.335 e. The maximum atomic E-state index is 12.5. The number of hydrazone groups is 1.